The Hall–Kier alpha value is -2.89. The number of ether oxygens (including phenoxy) is 1. The zero-order valence-corrected chi connectivity index (χ0v) is 16.9. The Labute approximate surface area is 177 Å². The Morgan fingerprint density at radius 3 is 2.28 bits per heavy atom. The monoisotopic (exact) mass is 430 g/mol. The molecule has 2 N–H and O–H groups in total. The van der Waals surface area contributed by atoms with E-state index in [4.69, 9.17) is 33.3 Å². The summed E-state index contributed by atoms with van der Waals surface area (Å²) >= 11 is 11.8. The van der Waals surface area contributed by atoms with E-state index in [2.05, 4.69) is 5.32 Å². The summed E-state index contributed by atoms with van der Waals surface area (Å²) in [5.41, 5.74) is 2.25. The van der Waals surface area contributed by atoms with Gasteiger partial charge in [-0.1, -0.05) is 65.7 Å². The molecule has 3 rings (SSSR count). The molecule has 7 heteroatoms. The quantitative estimate of drug-likeness (QED) is 0.436. The van der Waals surface area contributed by atoms with Crippen LogP contribution in [0, 0.1) is 11.2 Å². The molecule has 0 saturated heterocycles. The topological polar surface area (TPSA) is 62.2 Å². The van der Waals surface area contributed by atoms with Crippen LogP contribution < -0.4 is 5.32 Å². The van der Waals surface area contributed by atoms with E-state index in [0.29, 0.717) is 32.4 Å². The first kappa shape index (κ1) is 20.8. The average Bonchev–Trinajstić information content (AvgIpc) is 2.67. The van der Waals surface area contributed by atoms with Crippen molar-refractivity contribution in [2.24, 2.45) is 0 Å². The lowest BCUT2D eigenvalue weighted by atomic mass is 10.0. The minimum atomic E-state index is -0.802. The Kier molecular flexibility index (Phi) is 6.52. The number of amides is 1. The average molecular weight is 431 g/mol. The van der Waals surface area contributed by atoms with Crippen molar-refractivity contribution in [1.82, 2.24) is 0 Å². The maximum atomic E-state index is 13.9. The molecule has 0 fully saturated rings. The minimum Gasteiger partial charge on any atom is -0.440 e. The van der Waals surface area contributed by atoms with Crippen LogP contribution in [0.3, 0.4) is 0 Å². The Balaban J connectivity index is 1.65. The normalized spacial score (nSPS) is 11.6. The van der Waals surface area contributed by atoms with Gasteiger partial charge in [0.25, 0.3) is 0 Å². The molecule has 1 atom stereocenters. The lowest BCUT2D eigenvalue weighted by molar-refractivity contribution is 0.149. The van der Waals surface area contributed by atoms with E-state index in [1.54, 1.807) is 55.5 Å². The van der Waals surface area contributed by atoms with Gasteiger partial charge >= 0.3 is 6.09 Å². The summed E-state index contributed by atoms with van der Waals surface area (Å²) in [6.45, 7) is 1.59. The molecule has 0 radical (unpaired) electrons. The van der Waals surface area contributed by atoms with Gasteiger partial charge in [0, 0.05) is 21.3 Å². The number of carbonyl (C=O) groups is 1. The maximum Gasteiger partial charge on any atom is 0.412 e. The highest BCUT2D eigenvalue weighted by atomic mass is 35.5. The SMILES string of the molecule is CC(OC(=O)Nc1cc(Cl)cc(Cl)c1)C(=N)c1ccc(-c2ccccc2F)cc1. The van der Waals surface area contributed by atoms with Crippen LogP contribution in [-0.4, -0.2) is 17.9 Å². The van der Waals surface area contributed by atoms with Crippen LogP contribution in [0.25, 0.3) is 11.1 Å². The first-order valence-electron chi connectivity index (χ1n) is 8.71. The molecule has 1 unspecified atom stereocenters. The smallest absolute Gasteiger partial charge is 0.412 e. The van der Waals surface area contributed by atoms with Crippen molar-refractivity contribution in [3.8, 4) is 11.1 Å². The van der Waals surface area contributed by atoms with E-state index < -0.39 is 12.2 Å². The molecule has 4 nitrogen and oxygen atoms in total. The molecule has 1 amide bonds. The number of carbonyl (C=O) groups excluding carboxylic acids is 1. The molecular formula is C22H17Cl2FN2O2. The molecule has 0 aliphatic rings. The zero-order valence-electron chi connectivity index (χ0n) is 15.4. The second-order valence-corrected chi connectivity index (χ2v) is 7.17. The van der Waals surface area contributed by atoms with Crippen molar-refractivity contribution >= 4 is 40.7 Å². The van der Waals surface area contributed by atoms with Crippen molar-refractivity contribution in [3.63, 3.8) is 0 Å². The number of anilines is 1. The molecule has 3 aromatic rings. The van der Waals surface area contributed by atoms with Crippen molar-refractivity contribution in [2.75, 3.05) is 5.32 Å². The number of benzene rings is 3. The van der Waals surface area contributed by atoms with Gasteiger partial charge in [-0.2, -0.15) is 0 Å². The number of hydrogen-bond acceptors (Lipinski definition) is 3. The molecule has 0 aliphatic carbocycles. The number of nitrogens with one attached hydrogen (secondary N) is 2. The van der Waals surface area contributed by atoms with Crippen molar-refractivity contribution in [1.29, 1.82) is 5.41 Å². The van der Waals surface area contributed by atoms with Crippen LogP contribution in [0.15, 0.2) is 66.7 Å². The van der Waals surface area contributed by atoms with Gasteiger partial charge in [-0.3, -0.25) is 5.32 Å². The van der Waals surface area contributed by atoms with Crippen molar-refractivity contribution in [3.05, 3.63) is 88.2 Å². The van der Waals surface area contributed by atoms with Crippen LogP contribution >= 0.6 is 23.2 Å². The number of rotatable bonds is 5. The molecule has 0 saturated carbocycles. The predicted octanol–water partition coefficient (Wildman–Crippen LogP) is 6.80. The second-order valence-electron chi connectivity index (χ2n) is 6.30. The van der Waals surface area contributed by atoms with Crippen LogP contribution in [0.5, 0.6) is 0 Å². The molecule has 3 aromatic carbocycles. The molecule has 148 valence electrons. The second kappa shape index (κ2) is 9.07. The van der Waals surface area contributed by atoms with Crippen LogP contribution in [0.4, 0.5) is 14.9 Å². The van der Waals surface area contributed by atoms with Crippen LogP contribution in [0.2, 0.25) is 10.0 Å². The predicted molar refractivity (Wildman–Crippen MR) is 115 cm³/mol. The van der Waals surface area contributed by atoms with Gasteiger partial charge in [0.05, 0.1) is 5.71 Å². The van der Waals surface area contributed by atoms with Crippen LogP contribution in [0.1, 0.15) is 12.5 Å². The summed E-state index contributed by atoms with van der Waals surface area (Å²) in [4.78, 5) is 12.1. The summed E-state index contributed by atoms with van der Waals surface area (Å²) in [6, 6.07) is 17.9. The first-order chi connectivity index (χ1) is 13.8. The lowest BCUT2D eigenvalue weighted by Crippen LogP contribution is -2.27. The highest BCUT2D eigenvalue weighted by Gasteiger charge is 2.17. The van der Waals surface area contributed by atoms with E-state index in [-0.39, 0.29) is 11.5 Å². The van der Waals surface area contributed by atoms with Gasteiger partial charge in [-0.25, -0.2) is 9.18 Å². The third-order valence-corrected chi connectivity index (χ3v) is 4.62. The van der Waals surface area contributed by atoms with Crippen LogP contribution in [-0.2, 0) is 4.74 Å². The summed E-state index contributed by atoms with van der Waals surface area (Å²) in [5.74, 6) is -0.315. The van der Waals surface area contributed by atoms with E-state index in [0.717, 1.165) is 0 Å². The molecule has 29 heavy (non-hydrogen) atoms. The Bertz CT molecular complexity index is 1030. The van der Waals surface area contributed by atoms with E-state index in [1.807, 2.05) is 0 Å². The van der Waals surface area contributed by atoms with E-state index in [1.165, 1.54) is 18.2 Å². The van der Waals surface area contributed by atoms with Crippen molar-refractivity contribution < 1.29 is 13.9 Å². The fraction of sp³-hybridized carbons (Fsp3) is 0.0909. The summed E-state index contributed by atoms with van der Waals surface area (Å²) in [7, 11) is 0. The van der Waals surface area contributed by atoms with Crippen molar-refractivity contribution in [2.45, 2.75) is 13.0 Å². The number of hydrogen-bond donors (Lipinski definition) is 2. The van der Waals surface area contributed by atoms with Gasteiger partial charge in [-0.15, -0.1) is 0 Å². The first-order valence-corrected chi connectivity index (χ1v) is 9.46. The van der Waals surface area contributed by atoms with Gasteiger partial charge in [0.1, 0.15) is 11.9 Å². The third kappa shape index (κ3) is 5.34. The molecule has 0 spiro atoms. The van der Waals surface area contributed by atoms with E-state index >= 15 is 0 Å². The molecule has 0 heterocycles. The van der Waals surface area contributed by atoms with E-state index in [9.17, 15) is 9.18 Å². The molecular weight excluding hydrogens is 414 g/mol. The standard InChI is InChI=1S/C22H17Cl2FN2O2/c1-13(29-22(28)27-18-11-16(23)10-17(24)12-18)21(26)15-8-6-14(7-9-15)19-4-2-3-5-20(19)25/h2-13,26H,1H3,(H,27,28). The highest BCUT2D eigenvalue weighted by molar-refractivity contribution is 6.35. The zero-order chi connectivity index (χ0) is 21.0. The van der Waals surface area contributed by atoms with Gasteiger partial charge in [0.15, 0.2) is 0 Å². The fourth-order valence-electron chi connectivity index (χ4n) is 2.75. The summed E-state index contributed by atoms with van der Waals surface area (Å²) < 4.78 is 19.2. The Morgan fingerprint density at radius 1 is 1.03 bits per heavy atom. The van der Waals surface area contributed by atoms with Gasteiger partial charge in [-0.05, 0) is 42.3 Å². The Morgan fingerprint density at radius 2 is 1.66 bits per heavy atom. The highest BCUT2D eigenvalue weighted by Crippen LogP contribution is 2.24. The molecule has 0 aliphatic heterocycles. The maximum absolute atomic E-state index is 13.9. The third-order valence-electron chi connectivity index (χ3n) is 4.18. The summed E-state index contributed by atoms with van der Waals surface area (Å²) in [6.07, 6.45) is -1.53. The van der Waals surface area contributed by atoms with Gasteiger partial charge in [0.2, 0.25) is 0 Å². The fourth-order valence-corrected chi connectivity index (χ4v) is 3.28. The minimum absolute atomic E-state index is 0.115. The largest absolute Gasteiger partial charge is 0.440 e. The van der Waals surface area contributed by atoms with Gasteiger partial charge < -0.3 is 10.1 Å². The molecule has 0 bridgehead atoms. The lowest BCUT2D eigenvalue weighted by Gasteiger charge is -2.16. The number of halogens is 3. The summed E-state index contributed by atoms with van der Waals surface area (Å²) in [5, 5.41) is 11.6. The molecule has 0 aromatic heterocycles.